The van der Waals surface area contributed by atoms with Crippen molar-refractivity contribution >= 4 is 11.8 Å². The number of nitrogens with zero attached hydrogens (tertiary/aromatic N) is 2. The maximum atomic E-state index is 4.37. The quantitative estimate of drug-likeness (QED) is 0.828. The highest BCUT2D eigenvalue weighted by molar-refractivity contribution is 7.99. The van der Waals surface area contributed by atoms with Gasteiger partial charge in [-0.15, -0.1) is 0 Å². The average molecular weight is 239 g/mol. The van der Waals surface area contributed by atoms with Gasteiger partial charge in [0.2, 0.25) is 0 Å². The number of thioether (sulfide) groups is 1. The van der Waals surface area contributed by atoms with Gasteiger partial charge in [0.25, 0.3) is 0 Å². The minimum atomic E-state index is 0.280. The molecule has 0 aliphatic rings. The molecule has 1 rings (SSSR count). The van der Waals surface area contributed by atoms with Gasteiger partial charge in [-0.05, 0) is 33.1 Å². The van der Waals surface area contributed by atoms with E-state index in [1.165, 1.54) is 6.42 Å². The summed E-state index contributed by atoms with van der Waals surface area (Å²) in [6.07, 6.45) is 6.83. The molecule has 0 aliphatic heterocycles. The number of aromatic nitrogens is 2. The van der Waals surface area contributed by atoms with E-state index in [4.69, 9.17) is 0 Å². The van der Waals surface area contributed by atoms with Crippen molar-refractivity contribution in [3.05, 3.63) is 23.8 Å². The molecule has 2 atom stereocenters. The lowest BCUT2D eigenvalue weighted by atomic mass is 10.2. The van der Waals surface area contributed by atoms with E-state index in [2.05, 4.69) is 35.4 Å². The fourth-order valence-corrected chi connectivity index (χ4v) is 1.91. The summed E-state index contributed by atoms with van der Waals surface area (Å²) < 4.78 is 0. The Labute approximate surface area is 102 Å². The van der Waals surface area contributed by atoms with Crippen molar-refractivity contribution in [2.24, 2.45) is 0 Å². The van der Waals surface area contributed by atoms with E-state index in [9.17, 15) is 0 Å². The van der Waals surface area contributed by atoms with E-state index in [1.54, 1.807) is 12.4 Å². The minimum absolute atomic E-state index is 0.280. The van der Waals surface area contributed by atoms with E-state index in [0.29, 0.717) is 5.25 Å². The van der Waals surface area contributed by atoms with Gasteiger partial charge in [-0.3, -0.25) is 9.97 Å². The molecule has 90 valence electrons. The summed E-state index contributed by atoms with van der Waals surface area (Å²) in [5.74, 6) is 0. The third kappa shape index (κ3) is 4.10. The molecule has 0 spiro atoms. The molecule has 0 radical (unpaired) electrons. The van der Waals surface area contributed by atoms with Gasteiger partial charge in [-0.1, -0.05) is 6.92 Å². The Kier molecular flexibility index (Phi) is 5.77. The van der Waals surface area contributed by atoms with Crippen LogP contribution in [0.2, 0.25) is 0 Å². The first kappa shape index (κ1) is 13.5. The molecule has 0 saturated carbocycles. The van der Waals surface area contributed by atoms with Crippen molar-refractivity contribution in [1.82, 2.24) is 15.3 Å². The highest BCUT2D eigenvalue weighted by Crippen LogP contribution is 2.13. The number of hydrogen-bond acceptors (Lipinski definition) is 4. The molecule has 0 fully saturated rings. The average Bonchev–Trinajstić information content (AvgIpc) is 2.29. The summed E-state index contributed by atoms with van der Waals surface area (Å²) in [7, 11) is 0. The van der Waals surface area contributed by atoms with Crippen molar-refractivity contribution in [3.63, 3.8) is 0 Å². The molecule has 0 aromatic carbocycles. The van der Waals surface area contributed by atoms with Crippen LogP contribution in [-0.2, 0) is 0 Å². The maximum Gasteiger partial charge on any atom is 0.0782 e. The van der Waals surface area contributed by atoms with Crippen LogP contribution in [0.3, 0.4) is 0 Å². The zero-order valence-corrected chi connectivity index (χ0v) is 11.3. The molecule has 2 unspecified atom stereocenters. The highest BCUT2D eigenvalue weighted by atomic mass is 32.2. The smallest absolute Gasteiger partial charge is 0.0782 e. The molecule has 1 N–H and O–H groups in total. The van der Waals surface area contributed by atoms with Crippen LogP contribution in [0.25, 0.3) is 0 Å². The molecule has 16 heavy (non-hydrogen) atoms. The predicted octanol–water partition coefficient (Wildman–Crippen LogP) is 2.58. The van der Waals surface area contributed by atoms with E-state index >= 15 is 0 Å². The van der Waals surface area contributed by atoms with E-state index in [0.717, 1.165) is 17.9 Å². The largest absolute Gasteiger partial charge is 0.309 e. The first-order chi connectivity index (χ1) is 7.65. The van der Waals surface area contributed by atoms with Gasteiger partial charge in [0.15, 0.2) is 0 Å². The summed E-state index contributed by atoms with van der Waals surface area (Å²) in [4.78, 5) is 8.62. The van der Waals surface area contributed by atoms with E-state index in [-0.39, 0.29) is 6.04 Å². The number of rotatable bonds is 6. The Balaban J connectivity index is 2.41. The molecule has 0 bridgehead atoms. The fourth-order valence-electron chi connectivity index (χ4n) is 1.56. The molecular formula is C12H21N3S. The van der Waals surface area contributed by atoms with Crippen molar-refractivity contribution in [3.8, 4) is 0 Å². The Bertz CT molecular complexity index is 317. The van der Waals surface area contributed by atoms with Gasteiger partial charge in [0.05, 0.1) is 11.4 Å². The Morgan fingerprint density at radius 1 is 1.31 bits per heavy atom. The zero-order valence-electron chi connectivity index (χ0n) is 10.5. The number of hydrogen-bond donors (Lipinski definition) is 1. The SMILES string of the molecule is CSC(C)CCNC(C)c1nccnc1C. The van der Waals surface area contributed by atoms with Crippen LogP contribution in [0.4, 0.5) is 0 Å². The Morgan fingerprint density at radius 3 is 2.62 bits per heavy atom. The molecule has 0 saturated heterocycles. The molecular weight excluding hydrogens is 218 g/mol. The molecule has 3 nitrogen and oxygen atoms in total. The van der Waals surface area contributed by atoms with E-state index in [1.807, 2.05) is 18.7 Å². The second-order valence-corrected chi connectivity index (χ2v) is 5.31. The van der Waals surface area contributed by atoms with Gasteiger partial charge in [-0.2, -0.15) is 11.8 Å². The first-order valence-electron chi connectivity index (χ1n) is 5.68. The Morgan fingerprint density at radius 2 is 2.00 bits per heavy atom. The fraction of sp³-hybridized carbons (Fsp3) is 0.667. The third-order valence-corrected chi connectivity index (χ3v) is 3.77. The molecule has 1 heterocycles. The second kappa shape index (κ2) is 6.86. The van der Waals surface area contributed by atoms with Crippen LogP contribution in [0.15, 0.2) is 12.4 Å². The third-order valence-electron chi connectivity index (χ3n) is 2.73. The lowest BCUT2D eigenvalue weighted by Crippen LogP contribution is -2.23. The van der Waals surface area contributed by atoms with E-state index < -0.39 is 0 Å². The minimum Gasteiger partial charge on any atom is -0.309 e. The normalized spacial score (nSPS) is 14.8. The topological polar surface area (TPSA) is 37.8 Å². The van der Waals surface area contributed by atoms with Crippen LogP contribution < -0.4 is 5.32 Å². The predicted molar refractivity (Wildman–Crippen MR) is 70.8 cm³/mol. The van der Waals surface area contributed by atoms with Gasteiger partial charge < -0.3 is 5.32 Å². The summed E-state index contributed by atoms with van der Waals surface area (Å²) in [6, 6.07) is 0.280. The van der Waals surface area contributed by atoms with Gasteiger partial charge in [0.1, 0.15) is 0 Å². The van der Waals surface area contributed by atoms with Crippen LogP contribution in [-0.4, -0.2) is 28.0 Å². The molecule has 1 aromatic heterocycles. The van der Waals surface area contributed by atoms with Gasteiger partial charge in [0, 0.05) is 23.7 Å². The van der Waals surface area contributed by atoms with Crippen LogP contribution >= 0.6 is 11.8 Å². The summed E-state index contributed by atoms with van der Waals surface area (Å²) in [5, 5.41) is 4.20. The molecule has 4 heteroatoms. The van der Waals surface area contributed by atoms with Gasteiger partial charge >= 0.3 is 0 Å². The van der Waals surface area contributed by atoms with Crippen molar-refractivity contribution in [2.75, 3.05) is 12.8 Å². The first-order valence-corrected chi connectivity index (χ1v) is 6.97. The van der Waals surface area contributed by atoms with Crippen LogP contribution in [0.5, 0.6) is 0 Å². The van der Waals surface area contributed by atoms with Crippen molar-refractivity contribution < 1.29 is 0 Å². The lowest BCUT2D eigenvalue weighted by molar-refractivity contribution is 0.542. The number of nitrogens with one attached hydrogen (secondary N) is 1. The number of aryl methyl sites for hydroxylation is 1. The van der Waals surface area contributed by atoms with Crippen LogP contribution in [0, 0.1) is 6.92 Å². The van der Waals surface area contributed by atoms with Crippen LogP contribution in [0.1, 0.15) is 37.7 Å². The highest BCUT2D eigenvalue weighted by Gasteiger charge is 2.09. The van der Waals surface area contributed by atoms with Crippen molar-refractivity contribution in [2.45, 2.75) is 38.5 Å². The lowest BCUT2D eigenvalue weighted by Gasteiger charge is -2.16. The monoisotopic (exact) mass is 239 g/mol. The molecule has 1 aromatic rings. The standard InChI is InChI=1S/C12H21N3S/c1-9(16-4)5-6-13-10(2)12-11(3)14-7-8-15-12/h7-10,13H,5-6H2,1-4H3. The zero-order chi connectivity index (χ0) is 12.0. The maximum absolute atomic E-state index is 4.37. The molecule has 0 aliphatic carbocycles. The Hall–Kier alpha value is -0.610. The van der Waals surface area contributed by atoms with Gasteiger partial charge in [-0.25, -0.2) is 0 Å². The summed E-state index contributed by atoms with van der Waals surface area (Å²) >= 11 is 1.91. The summed E-state index contributed by atoms with van der Waals surface area (Å²) in [5.41, 5.74) is 2.07. The summed E-state index contributed by atoms with van der Waals surface area (Å²) in [6.45, 7) is 7.43. The van der Waals surface area contributed by atoms with Crippen molar-refractivity contribution in [1.29, 1.82) is 0 Å². The molecule has 0 amide bonds. The second-order valence-electron chi connectivity index (χ2n) is 4.04.